The van der Waals surface area contributed by atoms with Crippen LogP contribution in [-0.4, -0.2) is 69.5 Å². The van der Waals surface area contributed by atoms with Gasteiger partial charge in [-0.3, -0.25) is 14.7 Å². The van der Waals surface area contributed by atoms with Crippen LogP contribution in [0.25, 0.3) is 10.2 Å². The number of nitrogens with zero attached hydrogens (tertiary/aromatic N) is 5. The zero-order valence-electron chi connectivity index (χ0n) is 23.6. The van der Waals surface area contributed by atoms with E-state index >= 15 is 0 Å². The van der Waals surface area contributed by atoms with E-state index < -0.39 is 0 Å². The number of pyridine rings is 1. The zero-order chi connectivity index (χ0) is 28.3. The van der Waals surface area contributed by atoms with E-state index in [1.165, 1.54) is 10.4 Å². The summed E-state index contributed by atoms with van der Waals surface area (Å²) in [7, 11) is 0. The minimum absolute atomic E-state index is 0.0534. The molecule has 0 aliphatic carbocycles. The van der Waals surface area contributed by atoms with E-state index in [0.29, 0.717) is 24.9 Å². The van der Waals surface area contributed by atoms with Crippen molar-refractivity contribution >= 4 is 39.0 Å². The number of anilines is 2. The SMILES string of the molecule is Cc1ccc(Oc2ccc(Nc3ncnc4sc5c(c34)CCN(C(=O)/C=C/CN3CCOC[C@@H]3C)C5)cc2C)cn1. The van der Waals surface area contributed by atoms with Crippen LogP contribution in [0.4, 0.5) is 11.5 Å². The molecule has 0 saturated carbocycles. The lowest BCUT2D eigenvalue weighted by atomic mass is 10.0. The van der Waals surface area contributed by atoms with Crippen molar-refractivity contribution in [1.29, 1.82) is 0 Å². The van der Waals surface area contributed by atoms with Gasteiger partial charge in [-0.05, 0) is 68.7 Å². The standard InChI is InChI=1S/C31H34N6O3S/c1-20-15-23(7-9-26(20)40-24-8-6-21(2)32-16-24)35-30-29-25-10-12-37(17-27(25)41-31(29)34-19-33-30)28(38)5-4-11-36-13-14-39-18-22(36)3/h4-9,15-16,19,22H,10-14,17-18H2,1-3H3,(H,33,34,35)/b5-4+/t22-/m0/s1. The third-order valence-corrected chi connectivity index (χ3v) is 8.73. The summed E-state index contributed by atoms with van der Waals surface area (Å²) in [4.78, 5) is 32.8. The summed E-state index contributed by atoms with van der Waals surface area (Å²) >= 11 is 1.64. The highest BCUT2D eigenvalue weighted by Crippen LogP contribution is 2.38. The maximum absolute atomic E-state index is 13.0. The zero-order valence-corrected chi connectivity index (χ0v) is 24.4. The van der Waals surface area contributed by atoms with Gasteiger partial charge in [0.25, 0.3) is 0 Å². The summed E-state index contributed by atoms with van der Waals surface area (Å²) in [5.74, 6) is 2.32. The van der Waals surface area contributed by atoms with Gasteiger partial charge in [-0.15, -0.1) is 11.3 Å². The molecule has 1 amide bonds. The quantitative estimate of drug-likeness (QED) is 0.295. The van der Waals surface area contributed by atoms with Crippen LogP contribution >= 0.6 is 11.3 Å². The molecule has 0 unspecified atom stereocenters. The fourth-order valence-electron chi connectivity index (χ4n) is 5.26. The lowest BCUT2D eigenvalue weighted by Gasteiger charge is -2.32. The first-order valence-corrected chi connectivity index (χ1v) is 14.8. The highest BCUT2D eigenvalue weighted by molar-refractivity contribution is 7.19. The second-order valence-corrected chi connectivity index (χ2v) is 11.7. The largest absolute Gasteiger partial charge is 0.455 e. The summed E-state index contributed by atoms with van der Waals surface area (Å²) < 4.78 is 11.5. The highest BCUT2D eigenvalue weighted by atomic mass is 32.1. The number of fused-ring (bicyclic) bond motifs is 3. The van der Waals surface area contributed by atoms with E-state index in [1.807, 2.05) is 55.2 Å². The number of morpholine rings is 1. The van der Waals surface area contributed by atoms with Crippen molar-refractivity contribution < 1.29 is 14.3 Å². The molecular weight excluding hydrogens is 536 g/mol. The molecule has 4 aromatic rings. The Kier molecular flexibility index (Phi) is 7.95. The van der Waals surface area contributed by atoms with Crippen molar-refractivity contribution in [2.24, 2.45) is 0 Å². The molecule has 2 aliphatic heterocycles. The van der Waals surface area contributed by atoms with Gasteiger partial charge in [-0.25, -0.2) is 9.97 Å². The maximum atomic E-state index is 13.0. The molecule has 212 valence electrons. The number of carbonyl (C=O) groups excluding carboxylic acids is 1. The average molecular weight is 571 g/mol. The molecule has 0 radical (unpaired) electrons. The number of hydrogen-bond donors (Lipinski definition) is 1. The summed E-state index contributed by atoms with van der Waals surface area (Å²) in [6.45, 7) is 10.5. The molecule has 5 heterocycles. The molecule has 2 aliphatic rings. The van der Waals surface area contributed by atoms with Gasteiger partial charge in [0.1, 0.15) is 28.5 Å². The molecule has 1 aromatic carbocycles. The van der Waals surface area contributed by atoms with E-state index in [2.05, 4.69) is 32.1 Å². The lowest BCUT2D eigenvalue weighted by molar-refractivity contribution is -0.126. The molecule has 10 heteroatoms. The summed E-state index contributed by atoms with van der Waals surface area (Å²) in [6.07, 6.45) is 7.80. The Morgan fingerprint density at radius 2 is 2.10 bits per heavy atom. The first-order valence-electron chi connectivity index (χ1n) is 14.0. The van der Waals surface area contributed by atoms with Crippen molar-refractivity contribution in [3.63, 3.8) is 0 Å². The fourth-order valence-corrected chi connectivity index (χ4v) is 6.46. The van der Waals surface area contributed by atoms with Crippen LogP contribution in [0.5, 0.6) is 11.5 Å². The molecule has 41 heavy (non-hydrogen) atoms. The second-order valence-electron chi connectivity index (χ2n) is 10.6. The number of nitrogens with one attached hydrogen (secondary N) is 1. The minimum Gasteiger partial charge on any atom is -0.455 e. The predicted octanol–water partition coefficient (Wildman–Crippen LogP) is 5.40. The first kappa shape index (κ1) is 27.3. The van der Waals surface area contributed by atoms with Crippen LogP contribution in [0.2, 0.25) is 0 Å². The first-order chi connectivity index (χ1) is 19.9. The van der Waals surface area contributed by atoms with Gasteiger partial charge in [-0.2, -0.15) is 0 Å². The van der Waals surface area contributed by atoms with Gasteiger partial charge in [0, 0.05) is 48.0 Å². The Labute approximate surface area is 243 Å². The third-order valence-electron chi connectivity index (χ3n) is 7.60. The number of carbonyl (C=O) groups is 1. The summed E-state index contributed by atoms with van der Waals surface area (Å²) in [5, 5.41) is 4.54. The number of ether oxygens (including phenoxy) is 2. The monoisotopic (exact) mass is 570 g/mol. The minimum atomic E-state index is 0.0534. The Morgan fingerprint density at radius 3 is 2.90 bits per heavy atom. The Bertz CT molecular complexity index is 1590. The smallest absolute Gasteiger partial charge is 0.246 e. The number of benzene rings is 1. The van der Waals surface area contributed by atoms with Crippen LogP contribution in [0.3, 0.4) is 0 Å². The van der Waals surface area contributed by atoms with Crippen molar-refractivity contribution in [3.8, 4) is 11.5 Å². The average Bonchev–Trinajstić information content (AvgIpc) is 3.35. The van der Waals surface area contributed by atoms with E-state index in [0.717, 1.165) is 71.5 Å². The van der Waals surface area contributed by atoms with E-state index in [4.69, 9.17) is 9.47 Å². The van der Waals surface area contributed by atoms with Gasteiger partial charge in [0.2, 0.25) is 5.91 Å². The van der Waals surface area contributed by atoms with Crippen molar-refractivity contribution in [3.05, 3.63) is 76.7 Å². The van der Waals surface area contributed by atoms with Crippen molar-refractivity contribution in [2.45, 2.75) is 39.8 Å². The molecule has 1 atom stereocenters. The normalized spacial score (nSPS) is 17.6. The Hall–Kier alpha value is -3.86. The van der Waals surface area contributed by atoms with E-state index in [-0.39, 0.29) is 5.91 Å². The molecule has 9 nitrogen and oxygen atoms in total. The molecule has 1 N–H and O–H groups in total. The van der Waals surface area contributed by atoms with Crippen LogP contribution < -0.4 is 10.1 Å². The fraction of sp³-hybridized carbons (Fsp3) is 0.355. The molecule has 6 rings (SSSR count). The number of aromatic nitrogens is 3. The topological polar surface area (TPSA) is 92.7 Å². The second kappa shape index (κ2) is 11.9. The van der Waals surface area contributed by atoms with Gasteiger partial charge in [0.15, 0.2) is 0 Å². The van der Waals surface area contributed by atoms with Crippen LogP contribution in [0.1, 0.15) is 28.6 Å². The number of rotatable bonds is 7. The van der Waals surface area contributed by atoms with Crippen molar-refractivity contribution in [1.82, 2.24) is 24.8 Å². The van der Waals surface area contributed by atoms with Crippen LogP contribution in [-0.2, 0) is 22.5 Å². The molecule has 1 fully saturated rings. The number of thiophene rings is 1. The van der Waals surface area contributed by atoms with Crippen LogP contribution in [0.15, 0.2) is 55.0 Å². The molecule has 3 aromatic heterocycles. The van der Waals surface area contributed by atoms with Gasteiger partial charge in [-0.1, -0.05) is 6.08 Å². The number of hydrogen-bond acceptors (Lipinski definition) is 9. The predicted molar refractivity (Wildman–Crippen MR) is 161 cm³/mol. The molecular formula is C31H34N6O3S. The van der Waals surface area contributed by atoms with Gasteiger partial charge in [0.05, 0.1) is 31.3 Å². The third kappa shape index (κ3) is 6.09. The van der Waals surface area contributed by atoms with E-state index in [1.54, 1.807) is 29.9 Å². The van der Waals surface area contributed by atoms with Gasteiger partial charge >= 0.3 is 0 Å². The molecule has 0 spiro atoms. The Balaban J connectivity index is 1.14. The van der Waals surface area contributed by atoms with Crippen molar-refractivity contribution in [2.75, 3.05) is 38.2 Å². The maximum Gasteiger partial charge on any atom is 0.246 e. The lowest BCUT2D eigenvalue weighted by Crippen LogP contribution is -2.43. The van der Waals surface area contributed by atoms with Crippen LogP contribution in [0, 0.1) is 13.8 Å². The molecule has 0 bridgehead atoms. The highest BCUT2D eigenvalue weighted by Gasteiger charge is 2.26. The number of aryl methyl sites for hydroxylation is 2. The van der Waals surface area contributed by atoms with E-state index in [9.17, 15) is 4.79 Å². The van der Waals surface area contributed by atoms with Gasteiger partial charge < -0.3 is 19.7 Å². The summed E-state index contributed by atoms with van der Waals surface area (Å²) in [5.41, 5.74) is 4.10. The Morgan fingerprint density at radius 1 is 1.20 bits per heavy atom. The number of amides is 1. The summed E-state index contributed by atoms with van der Waals surface area (Å²) in [6, 6.07) is 10.2. The molecule has 1 saturated heterocycles.